The van der Waals surface area contributed by atoms with Crippen LogP contribution in [-0.4, -0.2) is 24.8 Å². The van der Waals surface area contributed by atoms with Crippen molar-refractivity contribution in [2.75, 3.05) is 13.7 Å². The second kappa shape index (κ2) is 3.26. The molecule has 8 heavy (non-hydrogen) atoms. The molecule has 0 aliphatic heterocycles. The van der Waals surface area contributed by atoms with Crippen LogP contribution in [0.1, 0.15) is 6.92 Å². The molecule has 0 aromatic rings. The Hall–Kier alpha value is -0.770. The summed E-state index contributed by atoms with van der Waals surface area (Å²) in [7, 11) is 1.29. The number of methoxy groups -OCH3 is 1. The van der Waals surface area contributed by atoms with Gasteiger partial charge in [0, 0.05) is 6.54 Å². The van der Waals surface area contributed by atoms with Gasteiger partial charge in [-0.25, -0.2) is 15.6 Å². The molecule has 0 fully saturated rings. The minimum atomic E-state index is -0.507. The molecule has 0 aliphatic carbocycles. The molecule has 0 bridgehead atoms. The Morgan fingerprint density at radius 3 is 2.50 bits per heavy atom. The number of nitrogens with two attached hydrogens (primary N) is 1. The SMILES string of the molecule is CCN(N)C(=O)OC. The average molecular weight is 118 g/mol. The van der Waals surface area contributed by atoms with Crippen molar-refractivity contribution < 1.29 is 9.53 Å². The van der Waals surface area contributed by atoms with E-state index in [9.17, 15) is 4.79 Å². The first kappa shape index (κ1) is 7.23. The molecule has 0 aliphatic rings. The number of amides is 1. The van der Waals surface area contributed by atoms with Gasteiger partial charge in [-0.05, 0) is 6.92 Å². The van der Waals surface area contributed by atoms with Gasteiger partial charge >= 0.3 is 6.09 Å². The second-order valence-corrected chi connectivity index (χ2v) is 1.26. The molecule has 0 saturated carbocycles. The quantitative estimate of drug-likeness (QED) is 0.298. The van der Waals surface area contributed by atoms with E-state index < -0.39 is 6.09 Å². The lowest BCUT2D eigenvalue weighted by atomic mass is 10.7. The van der Waals surface area contributed by atoms with Crippen LogP contribution in [0, 0.1) is 0 Å². The van der Waals surface area contributed by atoms with Crippen LogP contribution < -0.4 is 5.84 Å². The summed E-state index contributed by atoms with van der Waals surface area (Å²) in [6.45, 7) is 2.23. The molecule has 0 radical (unpaired) electrons. The lowest BCUT2D eigenvalue weighted by Crippen LogP contribution is -2.36. The van der Waals surface area contributed by atoms with Gasteiger partial charge in [0.2, 0.25) is 0 Å². The zero-order valence-corrected chi connectivity index (χ0v) is 5.05. The van der Waals surface area contributed by atoms with E-state index in [1.165, 1.54) is 7.11 Å². The Morgan fingerprint density at radius 1 is 1.88 bits per heavy atom. The van der Waals surface area contributed by atoms with Crippen molar-refractivity contribution in [3.8, 4) is 0 Å². The molecular weight excluding hydrogens is 108 g/mol. The average Bonchev–Trinajstić information content (AvgIpc) is 1.84. The number of hydrogen-bond donors (Lipinski definition) is 1. The van der Waals surface area contributed by atoms with Crippen LogP contribution in [-0.2, 0) is 4.74 Å². The Labute approximate surface area is 48.2 Å². The van der Waals surface area contributed by atoms with Gasteiger partial charge in [-0.2, -0.15) is 0 Å². The van der Waals surface area contributed by atoms with Gasteiger partial charge in [0.25, 0.3) is 0 Å². The fraction of sp³-hybridized carbons (Fsp3) is 0.750. The fourth-order valence-electron chi connectivity index (χ4n) is 0.246. The van der Waals surface area contributed by atoms with Gasteiger partial charge in [0.15, 0.2) is 0 Å². The van der Waals surface area contributed by atoms with E-state index in [1.807, 2.05) is 0 Å². The molecule has 0 unspecified atom stereocenters. The van der Waals surface area contributed by atoms with Gasteiger partial charge in [-0.15, -0.1) is 0 Å². The van der Waals surface area contributed by atoms with Gasteiger partial charge in [0.1, 0.15) is 0 Å². The molecule has 0 aromatic carbocycles. The molecule has 0 spiro atoms. The Kier molecular flexibility index (Phi) is 2.95. The van der Waals surface area contributed by atoms with Crippen LogP contribution in [0.25, 0.3) is 0 Å². The number of rotatable bonds is 1. The second-order valence-electron chi connectivity index (χ2n) is 1.26. The smallest absolute Gasteiger partial charge is 0.423 e. The summed E-state index contributed by atoms with van der Waals surface area (Å²) in [5, 5.41) is 0.986. The molecular formula is C4H10N2O2. The van der Waals surface area contributed by atoms with Crippen molar-refractivity contribution in [3.05, 3.63) is 0 Å². The van der Waals surface area contributed by atoms with Crippen LogP contribution in [0.15, 0.2) is 0 Å². The summed E-state index contributed by atoms with van der Waals surface area (Å²) in [6, 6.07) is 0. The highest BCUT2D eigenvalue weighted by Crippen LogP contribution is 1.80. The van der Waals surface area contributed by atoms with Crippen molar-refractivity contribution in [3.63, 3.8) is 0 Å². The van der Waals surface area contributed by atoms with Crippen molar-refractivity contribution in [2.24, 2.45) is 5.84 Å². The highest BCUT2D eigenvalue weighted by atomic mass is 16.5. The van der Waals surface area contributed by atoms with Gasteiger partial charge < -0.3 is 4.74 Å². The normalized spacial score (nSPS) is 8.38. The summed E-state index contributed by atoms with van der Waals surface area (Å²) >= 11 is 0. The van der Waals surface area contributed by atoms with E-state index in [4.69, 9.17) is 5.84 Å². The van der Waals surface area contributed by atoms with Crippen molar-refractivity contribution in [1.29, 1.82) is 0 Å². The zero-order valence-electron chi connectivity index (χ0n) is 5.05. The molecule has 0 rings (SSSR count). The molecule has 0 saturated heterocycles. The van der Waals surface area contributed by atoms with E-state index in [1.54, 1.807) is 6.92 Å². The number of nitrogens with zero attached hydrogens (tertiary/aromatic N) is 1. The third-order valence-corrected chi connectivity index (χ3v) is 0.750. The first-order chi connectivity index (χ1) is 3.72. The van der Waals surface area contributed by atoms with E-state index in [0.29, 0.717) is 6.54 Å². The van der Waals surface area contributed by atoms with E-state index in [2.05, 4.69) is 4.74 Å². The predicted octanol–water partition coefficient (Wildman–Crippen LogP) is -0.0516. The molecule has 0 atom stereocenters. The van der Waals surface area contributed by atoms with E-state index in [-0.39, 0.29) is 0 Å². The number of hydrazine groups is 1. The minimum Gasteiger partial charge on any atom is -0.452 e. The Balaban J connectivity index is 3.46. The van der Waals surface area contributed by atoms with E-state index >= 15 is 0 Å². The van der Waals surface area contributed by atoms with Crippen LogP contribution in [0.2, 0.25) is 0 Å². The number of ether oxygens (including phenoxy) is 1. The predicted molar refractivity (Wildman–Crippen MR) is 29.0 cm³/mol. The van der Waals surface area contributed by atoms with Crippen molar-refractivity contribution in [1.82, 2.24) is 5.01 Å². The molecule has 1 amide bonds. The molecule has 0 aromatic heterocycles. The summed E-state index contributed by atoms with van der Waals surface area (Å²) in [4.78, 5) is 10.3. The summed E-state index contributed by atoms with van der Waals surface area (Å²) in [5.74, 6) is 5.09. The highest BCUT2D eigenvalue weighted by Gasteiger charge is 2.02. The van der Waals surface area contributed by atoms with Crippen molar-refractivity contribution >= 4 is 6.09 Å². The summed E-state index contributed by atoms with van der Waals surface area (Å²) < 4.78 is 4.26. The molecule has 0 heterocycles. The molecule has 48 valence electrons. The molecule has 4 heteroatoms. The van der Waals surface area contributed by atoms with Gasteiger partial charge in [0.05, 0.1) is 7.11 Å². The minimum absolute atomic E-state index is 0.465. The van der Waals surface area contributed by atoms with Gasteiger partial charge in [-0.1, -0.05) is 0 Å². The first-order valence-electron chi connectivity index (χ1n) is 2.32. The third kappa shape index (κ3) is 1.79. The summed E-state index contributed by atoms with van der Waals surface area (Å²) in [6.07, 6.45) is -0.507. The molecule has 2 N–H and O–H groups in total. The van der Waals surface area contributed by atoms with Gasteiger partial charge in [-0.3, -0.25) is 0 Å². The third-order valence-electron chi connectivity index (χ3n) is 0.750. The van der Waals surface area contributed by atoms with Crippen LogP contribution >= 0.6 is 0 Å². The maximum atomic E-state index is 10.3. The number of hydrogen-bond acceptors (Lipinski definition) is 3. The lowest BCUT2D eigenvalue weighted by Gasteiger charge is -2.10. The first-order valence-corrected chi connectivity index (χ1v) is 2.32. The number of carbonyl (C=O) groups is 1. The maximum Gasteiger partial charge on any atom is 0.423 e. The lowest BCUT2D eigenvalue weighted by molar-refractivity contribution is 0.126. The largest absolute Gasteiger partial charge is 0.452 e. The Bertz CT molecular complexity index is 84.1. The maximum absolute atomic E-state index is 10.3. The van der Waals surface area contributed by atoms with Crippen LogP contribution in [0.4, 0.5) is 4.79 Å². The standard InChI is InChI=1S/C4H10N2O2/c1-3-6(5)4(7)8-2/h3,5H2,1-2H3. The highest BCUT2D eigenvalue weighted by molar-refractivity contribution is 5.66. The monoisotopic (exact) mass is 118 g/mol. The van der Waals surface area contributed by atoms with Crippen LogP contribution in [0.3, 0.4) is 0 Å². The zero-order chi connectivity index (χ0) is 6.57. The summed E-state index contributed by atoms with van der Waals surface area (Å²) in [5.41, 5.74) is 0. The number of carbonyl (C=O) groups excluding carboxylic acids is 1. The topological polar surface area (TPSA) is 55.6 Å². The van der Waals surface area contributed by atoms with E-state index in [0.717, 1.165) is 5.01 Å². The van der Waals surface area contributed by atoms with Crippen LogP contribution in [0.5, 0.6) is 0 Å². The molecule has 4 nitrogen and oxygen atoms in total. The fourth-order valence-corrected chi connectivity index (χ4v) is 0.246. The Morgan fingerprint density at radius 2 is 2.38 bits per heavy atom. The van der Waals surface area contributed by atoms with Crippen molar-refractivity contribution in [2.45, 2.75) is 6.92 Å².